The van der Waals surface area contributed by atoms with Crippen LogP contribution in [0.25, 0.3) is 0 Å². The summed E-state index contributed by atoms with van der Waals surface area (Å²) in [6.07, 6.45) is 1.29. The second-order valence-electron chi connectivity index (χ2n) is 3.65. The van der Waals surface area contributed by atoms with Crippen LogP contribution in [-0.4, -0.2) is 49.3 Å². The highest BCUT2D eigenvalue weighted by atomic mass is 16.6. The Morgan fingerprint density at radius 1 is 1.56 bits per heavy atom. The average Bonchev–Trinajstić information content (AvgIpc) is 2.29. The van der Waals surface area contributed by atoms with Crippen LogP contribution in [0.3, 0.4) is 0 Å². The predicted molar refractivity (Wildman–Crippen MR) is 56.8 cm³/mol. The first-order valence-electron chi connectivity index (χ1n) is 5.47. The Balaban J connectivity index is 2.47. The van der Waals surface area contributed by atoms with E-state index < -0.39 is 18.0 Å². The first-order valence-corrected chi connectivity index (χ1v) is 5.47. The number of primary amides is 1. The molecule has 1 atom stereocenters. The van der Waals surface area contributed by atoms with Gasteiger partial charge in [-0.2, -0.15) is 0 Å². The average molecular weight is 230 g/mol. The topological polar surface area (TPSA) is 81.9 Å². The molecule has 0 aromatic heterocycles. The third kappa shape index (κ3) is 3.37. The van der Waals surface area contributed by atoms with Crippen LogP contribution >= 0.6 is 0 Å². The lowest BCUT2D eigenvalue weighted by Gasteiger charge is -2.32. The van der Waals surface area contributed by atoms with Gasteiger partial charge in [0, 0.05) is 6.54 Å². The van der Waals surface area contributed by atoms with E-state index >= 15 is 0 Å². The molecule has 0 saturated carbocycles. The number of nitrogens with two attached hydrogens (primary N) is 1. The van der Waals surface area contributed by atoms with Gasteiger partial charge in [0.05, 0.1) is 19.8 Å². The van der Waals surface area contributed by atoms with Crippen molar-refractivity contribution < 1.29 is 19.1 Å². The maximum Gasteiger partial charge on any atom is 0.410 e. The largest absolute Gasteiger partial charge is 0.449 e. The summed E-state index contributed by atoms with van der Waals surface area (Å²) in [6, 6.07) is -0.706. The predicted octanol–water partition coefficient (Wildman–Crippen LogP) is 0.109. The van der Waals surface area contributed by atoms with E-state index in [9.17, 15) is 9.59 Å². The van der Waals surface area contributed by atoms with Gasteiger partial charge in [0.15, 0.2) is 0 Å². The number of ether oxygens (including phenoxy) is 2. The van der Waals surface area contributed by atoms with Crippen LogP contribution in [-0.2, 0) is 14.3 Å². The second-order valence-corrected chi connectivity index (χ2v) is 3.65. The van der Waals surface area contributed by atoms with E-state index in [2.05, 4.69) is 0 Å². The number of amides is 2. The Morgan fingerprint density at radius 3 is 2.94 bits per heavy atom. The van der Waals surface area contributed by atoms with E-state index in [1.165, 1.54) is 4.90 Å². The molecule has 0 aliphatic carbocycles. The molecule has 1 saturated heterocycles. The second kappa shape index (κ2) is 6.32. The zero-order valence-corrected chi connectivity index (χ0v) is 9.48. The van der Waals surface area contributed by atoms with E-state index in [0.29, 0.717) is 19.8 Å². The van der Waals surface area contributed by atoms with Crippen LogP contribution in [0.5, 0.6) is 0 Å². The molecule has 6 heteroatoms. The van der Waals surface area contributed by atoms with Gasteiger partial charge in [-0.05, 0) is 6.42 Å². The quantitative estimate of drug-likeness (QED) is 0.695. The fourth-order valence-electron chi connectivity index (χ4n) is 1.44. The lowest BCUT2D eigenvalue weighted by Crippen LogP contribution is -2.54. The maximum atomic E-state index is 11.6. The lowest BCUT2D eigenvalue weighted by molar-refractivity contribution is -0.128. The zero-order chi connectivity index (χ0) is 12.0. The molecule has 1 fully saturated rings. The molecule has 2 amide bonds. The Kier molecular flexibility index (Phi) is 5.04. The third-order valence-electron chi connectivity index (χ3n) is 2.41. The molecule has 1 aliphatic heterocycles. The summed E-state index contributed by atoms with van der Waals surface area (Å²) in [5.41, 5.74) is 5.18. The molecule has 1 unspecified atom stereocenters. The molecule has 1 rings (SSSR count). The molecule has 6 nitrogen and oxygen atoms in total. The zero-order valence-electron chi connectivity index (χ0n) is 9.48. The Labute approximate surface area is 94.7 Å². The molecule has 92 valence electrons. The van der Waals surface area contributed by atoms with E-state index in [-0.39, 0.29) is 6.61 Å². The third-order valence-corrected chi connectivity index (χ3v) is 2.41. The number of hydrogen-bond acceptors (Lipinski definition) is 4. The monoisotopic (exact) mass is 230 g/mol. The summed E-state index contributed by atoms with van der Waals surface area (Å²) in [7, 11) is 0. The van der Waals surface area contributed by atoms with Gasteiger partial charge >= 0.3 is 6.09 Å². The van der Waals surface area contributed by atoms with Crippen LogP contribution in [0.15, 0.2) is 0 Å². The summed E-state index contributed by atoms with van der Waals surface area (Å²) in [6.45, 7) is 3.29. The Bertz CT molecular complexity index is 257. The minimum Gasteiger partial charge on any atom is -0.449 e. The standard InChI is InChI=1S/C10H18N2O4/c1-2-3-5-16-10(14)12-4-6-15-7-8(12)9(11)13/h8H,2-7H2,1H3,(H2,11,13). The highest BCUT2D eigenvalue weighted by Gasteiger charge is 2.32. The molecular formula is C10H18N2O4. The van der Waals surface area contributed by atoms with Crippen LogP contribution in [0.2, 0.25) is 0 Å². The number of rotatable bonds is 4. The minimum atomic E-state index is -0.706. The number of carbonyl (C=O) groups is 2. The van der Waals surface area contributed by atoms with E-state index in [1.807, 2.05) is 6.92 Å². The summed E-state index contributed by atoms with van der Waals surface area (Å²) in [4.78, 5) is 24.1. The molecule has 0 spiro atoms. The van der Waals surface area contributed by atoms with Crippen molar-refractivity contribution in [3.63, 3.8) is 0 Å². The van der Waals surface area contributed by atoms with Gasteiger partial charge in [-0.3, -0.25) is 9.69 Å². The molecule has 0 aromatic carbocycles. The normalized spacial score (nSPS) is 20.6. The molecule has 0 radical (unpaired) electrons. The van der Waals surface area contributed by atoms with Gasteiger partial charge in [-0.15, -0.1) is 0 Å². The smallest absolute Gasteiger partial charge is 0.410 e. The Hall–Kier alpha value is -1.30. The number of hydrogen-bond donors (Lipinski definition) is 1. The maximum absolute atomic E-state index is 11.6. The van der Waals surface area contributed by atoms with Gasteiger partial charge in [0.25, 0.3) is 0 Å². The molecule has 2 N–H and O–H groups in total. The Morgan fingerprint density at radius 2 is 2.31 bits per heavy atom. The molecule has 0 bridgehead atoms. The summed E-state index contributed by atoms with van der Waals surface area (Å²) >= 11 is 0. The van der Waals surface area contributed by atoms with Crippen molar-refractivity contribution in [2.45, 2.75) is 25.8 Å². The van der Waals surface area contributed by atoms with Gasteiger partial charge in [-0.25, -0.2) is 4.79 Å². The molecule has 1 heterocycles. The van der Waals surface area contributed by atoms with E-state index in [4.69, 9.17) is 15.2 Å². The fourth-order valence-corrected chi connectivity index (χ4v) is 1.44. The number of nitrogens with zero attached hydrogens (tertiary/aromatic N) is 1. The summed E-state index contributed by atoms with van der Waals surface area (Å²) in [5, 5.41) is 0. The van der Waals surface area contributed by atoms with Gasteiger partial charge < -0.3 is 15.2 Å². The van der Waals surface area contributed by atoms with Crippen molar-refractivity contribution in [2.24, 2.45) is 5.73 Å². The lowest BCUT2D eigenvalue weighted by atomic mass is 10.2. The molecule has 0 aromatic rings. The fraction of sp³-hybridized carbons (Fsp3) is 0.800. The number of unbranched alkanes of at least 4 members (excludes halogenated alkanes) is 1. The highest BCUT2D eigenvalue weighted by Crippen LogP contribution is 2.08. The summed E-state index contributed by atoms with van der Waals surface area (Å²) < 4.78 is 10.1. The van der Waals surface area contributed by atoms with Crippen LogP contribution in [0, 0.1) is 0 Å². The van der Waals surface area contributed by atoms with Crippen molar-refractivity contribution in [3.8, 4) is 0 Å². The van der Waals surface area contributed by atoms with Gasteiger partial charge in [0.1, 0.15) is 6.04 Å². The highest BCUT2D eigenvalue weighted by molar-refractivity contribution is 5.84. The first kappa shape index (κ1) is 12.8. The van der Waals surface area contributed by atoms with Gasteiger partial charge in [-0.1, -0.05) is 13.3 Å². The number of carbonyl (C=O) groups excluding carboxylic acids is 2. The molecular weight excluding hydrogens is 212 g/mol. The van der Waals surface area contributed by atoms with Crippen molar-refractivity contribution in [1.82, 2.24) is 4.90 Å². The van der Waals surface area contributed by atoms with Crippen molar-refractivity contribution in [2.75, 3.05) is 26.4 Å². The van der Waals surface area contributed by atoms with Gasteiger partial charge in [0.2, 0.25) is 5.91 Å². The molecule has 16 heavy (non-hydrogen) atoms. The minimum absolute atomic E-state index is 0.151. The van der Waals surface area contributed by atoms with Crippen LogP contribution < -0.4 is 5.73 Å². The first-order chi connectivity index (χ1) is 7.66. The molecule has 1 aliphatic rings. The van der Waals surface area contributed by atoms with Crippen molar-refractivity contribution >= 4 is 12.0 Å². The van der Waals surface area contributed by atoms with Crippen LogP contribution in [0.1, 0.15) is 19.8 Å². The van der Waals surface area contributed by atoms with Crippen molar-refractivity contribution in [3.05, 3.63) is 0 Å². The summed E-state index contributed by atoms with van der Waals surface area (Å²) in [5.74, 6) is -0.563. The SMILES string of the molecule is CCCCOC(=O)N1CCOCC1C(N)=O. The van der Waals surface area contributed by atoms with Crippen LogP contribution in [0.4, 0.5) is 4.79 Å². The number of morpholine rings is 1. The van der Waals surface area contributed by atoms with E-state index in [1.54, 1.807) is 0 Å². The van der Waals surface area contributed by atoms with Crippen molar-refractivity contribution in [1.29, 1.82) is 0 Å². The van der Waals surface area contributed by atoms with E-state index in [0.717, 1.165) is 12.8 Å².